The van der Waals surface area contributed by atoms with E-state index < -0.39 is 5.79 Å². The molecular formula is C22H18ClN3O5. The third kappa shape index (κ3) is 4.18. The van der Waals surface area contributed by atoms with E-state index in [-0.39, 0.29) is 18.3 Å². The number of benzene rings is 2. The molecule has 9 heteroatoms. The average Bonchev–Trinajstić information content (AvgIpc) is 3.43. The Morgan fingerprint density at radius 2 is 2.03 bits per heavy atom. The van der Waals surface area contributed by atoms with Crippen molar-refractivity contribution in [2.24, 2.45) is 0 Å². The molecule has 0 aliphatic carbocycles. The molecule has 4 aromatic rings. The summed E-state index contributed by atoms with van der Waals surface area (Å²) in [6, 6.07) is 15.7. The van der Waals surface area contributed by atoms with E-state index in [1.54, 1.807) is 41.3 Å². The van der Waals surface area contributed by atoms with E-state index in [1.807, 2.05) is 18.2 Å². The van der Waals surface area contributed by atoms with Crippen LogP contribution in [-0.4, -0.2) is 34.1 Å². The number of fused-ring (bicyclic) bond motifs is 1. The smallest absolute Gasteiger partial charge is 0.336 e. The Hall–Kier alpha value is -3.20. The van der Waals surface area contributed by atoms with Crippen molar-refractivity contribution in [1.82, 2.24) is 14.8 Å². The number of aromatic nitrogens is 3. The standard InChI is InChI=1S/C22H18ClN3O5/c23-17-4-2-16(3-5-17)22(12-26-14-24-13-25-26)29-11-19(31-22)10-28-18-6-7-20-15(9-18)1-8-21(27)30-20/h1-9,13-14,19H,10-12H2. The Morgan fingerprint density at radius 3 is 2.84 bits per heavy atom. The molecule has 31 heavy (non-hydrogen) atoms. The van der Waals surface area contributed by atoms with Gasteiger partial charge in [-0.1, -0.05) is 23.7 Å². The Labute approximate surface area is 181 Å². The summed E-state index contributed by atoms with van der Waals surface area (Å²) in [5.74, 6) is -0.385. The second-order valence-corrected chi connectivity index (χ2v) is 7.61. The van der Waals surface area contributed by atoms with Gasteiger partial charge in [0.05, 0.1) is 6.61 Å². The van der Waals surface area contributed by atoms with Crippen molar-refractivity contribution >= 4 is 22.6 Å². The summed E-state index contributed by atoms with van der Waals surface area (Å²) in [6.45, 7) is 0.967. The zero-order valence-electron chi connectivity index (χ0n) is 16.3. The van der Waals surface area contributed by atoms with Gasteiger partial charge in [0.15, 0.2) is 0 Å². The molecule has 1 saturated heterocycles. The van der Waals surface area contributed by atoms with Gasteiger partial charge in [-0.25, -0.2) is 14.5 Å². The molecule has 1 aliphatic rings. The number of ether oxygens (including phenoxy) is 3. The molecule has 1 aliphatic heterocycles. The topological polar surface area (TPSA) is 88.6 Å². The second-order valence-electron chi connectivity index (χ2n) is 7.17. The van der Waals surface area contributed by atoms with E-state index in [9.17, 15) is 4.79 Å². The number of nitrogens with zero attached hydrogens (tertiary/aromatic N) is 3. The molecule has 2 unspecified atom stereocenters. The van der Waals surface area contributed by atoms with E-state index in [0.29, 0.717) is 29.5 Å². The lowest BCUT2D eigenvalue weighted by molar-refractivity contribution is -0.190. The van der Waals surface area contributed by atoms with E-state index in [2.05, 4.69) is 10.1 Å². The van der Waals surface area contributed by atoms with E-state index in [4.69, 9.17) is 30.2 Å². The van der Waals surface area contributed by atoms with Gasteiger partial charge in [-0.15, -0.1) is 0 Å². The van der Waals surface area contributed by atoms with E-state index >= 15 is 0 Å². The first-order chi connectivity index (χ1) is 15.1. The fourth-order valence-electron chi connectivity index (χ4n) is 3.53. The van der Waals surface area contributed by atoms with Crippen LogP contribution in [0.4, 0.5) is 0 Å². The third-order valence-electron chi connectivity index (χ3n) is 5.01. The van der Waals surface area contributed by atoms with Crippen molar-refractivity contribution in [3.05, 3.63) is 88.3 Å². The minimum atomic E-state index is -1.03. The Balaban J connectivity index is 1.32. The number of rotatable bonds is 6. The van der Waals surface area contributed by atoms with Gasteiger partial charge in [0, 0.05) is 22.0 Å². The summed E-state index contributed by atoms with van der Waals surface area (Å²) in [5, 5.41) is 5.59. The fourth-order valence-corrected chi connectivity index (χ4v) is 3.66. The van der Waals surface area contributed by atoms with Gasteiger partial charge in [0.2, 0.25) is 5.79 Å². The second kappa shape index (κ2) is 8.14. The van der Waals surface area contributed by atoms with Crippen molar-refractivity contribution in [1.29, 1.82) is 0 Å². The average molecular weight is 440 g/mol. The van der Waals surface area contributed by atoms with Crippen molar-refractivity contribution in [2.75, 3.05) is 13.2 Å². The van der Waals surface area contributed by atoms with Crippen LogP contribution in [0.5, 0.6) is 5.75 Å². The lowest BCUT2D eigenvalue weighted by Gasteiger charge is -2.28. The number of hydrogen-bond donors (Lipinski definition) is 0. The molecule has 2 aromatic heterocycles. The van der Waals surface area contributed by atoms with Crippen LogP contribution in [0.25, 0.3) is 11.0 Å². The molecule has 2 atom stereocenters. The van der Waals surface area contributed by atoms with Gasteiger partial charge < -0.3 is 18.6 Å². The maximum atomic E-state index is 11.3. The van der Waals surface area contributed by atoms with Crippen molar-refractivity contribution < 1.29 is 18.6 Å². The zero-order chi connectivity index (χ0) is 21.3. The van der Waals surface area contributed by atoms with Crippen LogP contribution < -0.4 is 10.4 Å². The van der Waals surface area contributed by atoms with E-state index in [1.165, 1.54) is 12.4 Å². The van der Waals surface area contributed by atoms with Crippen molar-refractivity contribution in [3.63, 3.8) is 0 Å². The lowest BCUT2D eigenvalue weighted by Crippen LogP contribution is -2.34. The van der Waals surface area contributed by atoms with Gasteiger partial charge in [-0.3, -0.25) is 0 Å². The van der Waals surface area contributed by atoms with Crippen LogP contribution in [0, 0.1) is 0 Å². The first-order valence-corrected chi connectivity index (χ1v) is 10.0. The molecule has 1 fully saturated rings. The van der Waals surface area contributed by atoms with Crippen LogP contribution in [0.2, 0.25) is 5.02 Å². The minimum Gasteiger partial charge on any atom is -0.491 e. The summed E-state index contributed by atoms with van der Waals surface area (Å²) < 4.78 is 25.2. The van der Waals surface area contributed by atoms with Crippen LogP contribution in [0.1, 0.15) is 5.56 Å². The molecule has 0 radical (unpaired) electrons. The molecule has 0 saturated carbocycles. The molecule has 8 nitrogen and oxygen atoms in total. The zero-order valence-corrected chi connectivity index (χ0v) is 17.1. The highest BCUT2D eigenvalue weighted by atomic mass is 35.5. The summed E-state index contributed by atoms with van der Waals surface area (Å²) >= 11 is 6.05. The van der Waals surface area contributed by atoms with Gasteiger partial charge in [-0.2, -0.15) is 5.10 Å². The molecule has 0 bridgehead atoms. The maximum Gasteiger partial charge on any atom is 0.336 e. The van der Waals surface area contributed by atoms with Crippen LogP contribution in [-0.2, 0) is 21.8 Å². The van der Waals surface area contributed by atoms with Crippen LogP contribution in [0.3, 0.4) is 0 Å². The summed E-state index contributed by atoms with van der Waals surface area (Å²) in [6.07, 6.45) is 2.78. The quantitative estimate of drug-likeness (QED) is 0.425. The summed E-state index contributed by atoms with van der Waals surface area (Å²) in [5.41, 5.74) is 0.953. The molecule has 2 aromatic carbocycles. The molecule has 158 valence electrons. The van der Waals surface area contributed by atoms with E-state index in [0.717, 1.165) is 10.9 Å². The highest BCUT2D eigenvalue weighted by molar-refractivity contribution is 6.30. The molecule has 0 spiro atoms. The summed E-state index contributed by atoms with van der Waals surface area (Å²) in [7, 11) is 0. The van der Waals surface area contributed by atoms with Gasteiger partial charge in [0.25, 0.3) is 0 Å². The fraction of sp³-hybridized carbons (Fsp3) is 0.227. The maximum absolute atomic E-state index is 11.3. The molecule has 3 heterocycles. The number of halogens is 1. The Morgan fingerprint density at radius 1 is 1.16 bits per heavy atom. The molecule has 0 amide bonds. The minimum absolute atomic E-state index is 0.287. The highest BCUT2D eigenvalue weighted by Crippen LogP contribution is 2.36. The molecule has 0 N–H and O–H groups in total. The molecular weight excluding hydrogens is 422 g/mol. The molecule has 5 rings (SSSR count). The highest BCUT2D eigenvalue weighted by Gasteiger charge is 2.44. The predicted molar refractivity (Wildman–Crippen MR) is 112 cm³/mol. The third-order valence-corrected chi connectivity index (χ3v) is 5.26. The lowest BCUT2D eigenvalue weighted by atomic mass is 10.1. The summed E-state index contributed by atoms with van der Waals surface area (Å²) in [4.78, 5) is 15.3. The van der Waals surface area contributed by atoms with Crippen LogP contribution in [0.15, 0.2) is 76.5 Å². The van der Waals surface area contributed by atoms with Crippen molar-refractivity contribution in [2.45, 2.75) is 18.4 Å². The largest absolute Gasteiger partial charge is 0.491 e. The van der Waals surface area contributed by atoms with Gasteiger partial charge in [-0.05, 0) is 36.4 Å². The predicted octanol–water partition coefficient (Wildman–Crippen LogP) is 3.39. The van der Waals surface area contributed by atoms with Gasteiger partial charge >= 0.3 is 5.63 Å². The Bertz CT molecular complexity index is 1240. The van der Waals surface area contributed by atoms with Crippen LogP contribution >= 0.6 is 11.6 Å². The monoisotopic (exact) mass is 439 g/mol. The number of hydrogen-bond acceptors (Lipinski definition) is 7. The van der Waals surface area contributed by atoms with Crippen molar-refractivity contribution in [3.8, 4) is 5.75 Å². The van der Waals surface area contributed by atoms with Gasteiger partial charge in [0.1, 0.15) is 43.2 Å². The SMILES string of the molecule is O=c1ccc2cc(OCC3COC(Cn4cncn4)(c4ccc(Cl)cc4)O3)ccc2o1. The first-order valence-electron chi connectivity index (χ1n) is 9.67. The normalized spacial score (nSPS) is 20.9. The first kappa shape index (κ1) is 19.7. The Kier molecular flexibility index (Phi) is 5.19.